The molecule has 0 aromatic heterocycles. The first-order chi connectivity index (χ1) is 15.4. The molecule has 1 aromatic carbocycles. The van der Waals surface area contributed by atoms with E-state index in [9.17, 15) is 29.4 Å². The molecule has 0 saturated heterocycles. The number of carbonyl (C=O) groups is 4. The summed E-state index contributed by atoms with van der Waals surface area (Å²) in [6, 6.07) is 0.736. The Balaban J connectivity index is 2.94. The summed E-state index contributed by atoms with van der Waals surface area (Å²) >= 11 is 0.980. The van der Waals surface area contributed by atoms with E-state index < -0.39 is 42.4 Å². The number of likely N-dealkylation sites (N-methyl/N-ethyl adjacent to an activating group) is 1. The van der Waals surface area contributed by atoms with Gasteiger partial charge in [-0.3, -0.25) is 19.2 Å². The molecule has 0 saturated carbocycles. The van der Waals surface area contributed by atoms with E-state index in [4.69, 9.17) is 15.9 Å². The number of thioether (sulfide) groups is 1. The minimum atomic E-state index is -1.28. The fourth-order valence-corrected chi connectivity index (χ4v) is 3.71. The summed E-state index contributed by atoms with van der Waals surface area (Å²) in [6.45, 7) is 1.27. The van der Waals surface area contributed by atoms with Crippen molar-refractivity contribution in [2.75, 3.05) is 19.3 Å². The lowest BCUT2D eigenvalue weighted by Gasteiger charge is -2.19. The molecule has 2 amide bonds. The van der Waals surface area contributed by atoms with Crippen LogP contribution in [0.15, 0.2) is 17.0 Å². The number of amides is 2. The van der Waals surface area contributed by atoms with Crippen molar-refractivity contribution in [1.82, 2.24) is 16.0 Å². The van der Waals surface area contributed by atoms with E-state index in [1.54, 1.807) is 13.1 Å². The van der Waals surface area contributed by atoms with Crippen LogP contribution < -0.4 is 21.7 Å². The second-order valence-corrected chi connectivity index (χ2v) is 8.44. The molecule has 184 valence electrons. The number of nitrogens with one attached hydrogen (secondary N) is 3. The van der Waals surface area contributed by atoms with Crippen LogP contribution in [-0.4, -0.2) is 81.6 Å². The third-order valence-electron chi connectivity index (χ3n) is 4.62. The van der Waals surface area contributed by atoms with Gasteiger partial charge in [-0.2, -0.15) is 0 Å². The van der Waals surface area contributed by atoms with Gasteiger partial charge in [-0.1, -0.05) is 0 Å². The van der Waals surface area contributed by atoms with Gasteiger partial charge in [0, 0.05) is 18.2 Å². The summed E-state index contributed by atoms with van der Waals surface area (Å²) in [4.78, 5) is 46.4. The largest absolute Gasteiger partial charge is 0.504 e. The highest BCUT2D eigenvalue weighted by molar-refractivity contribution is 7.99. The number of carboxylic acid groups (broad SMARTS) is 2. The predicted molar refractivity (Wildman–Crippen MR) is 120 cm³/mol. The van der Waals surface area contributed by atoms with E-state index in [0.29, 0.717) is 6.42 Å². The van der Waals surface area contributed by atoms with Crippen molar-refractivity contribution in [3.05, 3.63) is 17.7 Å². The maximum Gasteiger partial charge on any atom is 0.322 e. The number of hydrogen-bond acceptors (Lipinski definition) is 9. The highest BCUT2D eigenvalue weighted by Gasteiger charge is 2.24. The van der Waals surface area contributed by atoms with Gasteiger partial charge in [0.25, 0.3) is 0 Å². The van der Waals surface area contributed by atoms with Crippen LogP contribution >= 0.6 is 11.8 Å². The molecule has 0 aliphatic rings. The molecule has 0 aliphatic heterocycles. The van der Waals surface area contributed by atoms with Gasteiger partial charge in [0.05, 0.1) is 4.90 Å². The monoisotopic (exact) mass is 486 g/mol. The van der Waals surface area contributed by atoms with Crippen molar-refractivity contribution in [2.45, 2.75) is 49.2 Å². The van der Waals surface area contributed by atoms with Gasteiger partial charge < -0.3 is 42.1 Å². The van der Waals surface area contributed by atoms with Crippen molar-refractivity contribution in [3.63, 3.8) is 0 Å². The molecule has 12 nitrogen and oxygen atoms in total. The Kier molecular flexibility index (Phi) is 11.5. The molecule has 0 spiro atoms. The van der Waals surface area contributed by atoms with Crippen LogP contribution in [0.3, 0.4) is 0 Å². The van der Waals surface area contributed by atoms with E-state index in [2.05, 4.69) is 16.0 Å². The molecular weight excluding hydrogens is 456 g/mol. The van der Waals surface area contributed by atoms with Gasteiger partial charge in [-0.15, -0.1) is 11.8 Å². The third-order valence-corrected chi connectivity index (χ3v) is 5.74. The molecule has 0 unspecified atom stereocenters. The zero-order chi connectivity index (χ0) is 25.1. The van der Waals surface area contributed by atoms with Gasteiger partial charge >= 0.3 is 11.9 Å². The van der Waals surface area contributed by atoms with E-state index >= 15 is 0 Å². The molecule has 1 rings (SSSR count). The Bertz CT molecular complexity index is 867. The molecule has 0 aliphatic carbocycles. The lowest BCUT2D eigenvalue weighted by atomic mass is 10.1. The van der Waals surface area contributed by atoms with Gasteiger partial charge in [0.15, 0.2) is 11.5 Å². The fourth-order valence-electron chi connectivity index (χ4n) is 2.65. The average molecular weight is 487 g/mol. The molecule has 0 radical (unpaired) electrons. The first-order valence-corrected chi connectivity index (χ1v) is 11.0. The molecular formula is C20H30N4O8S. The van der Waals surface area contributed by atoms with Crippen LogP contribution in [0.5, 0.6) is 11.5 Å². The fraction of sp³-hybridized carbons (Fsp3) is 0.500. The standard InChI is InChI=1S/C20H30N4O8S/c1-10(22-2)5-11-6-14(25)18(29)15(7-11)33-9-13(19(30)23-8-17(27)28)24-16(26)4-3-12(21)20(31)32/h6-7,10,12-13,22,25,29H,3-5,8-9,21H2,1-2H3,(H,23,30)(H,24,26)(H,27,28)(H,31,32)/t10-,12-,13+/m0/s1. The van der Waals surface area contributed by atoms with Crippen LogP contribution in [0.25, 0.3) is 0 Å². The molecule has 33 heavy (non-hydrogen) atoms. The molecule has 9 N–H and O–H groups in total. The number of carboxylic acids is 2. The molecule has 1 aromatic rings. The summed E-state index contributed by atoms with van der Waals surface area (Å²) in [7, 11) is 1.78. The van der Waals surface area contributed by atoms with Gasteiger partial charge in [0.2, 0.25) is 11.8 Å². The molecule has 0 bridgehead atoms. The maximum atomic E-state index is 12.4. The van der Waals surface area contributed by atoms with Crippen molar-refractivity contribution in [3.8, 4) is 11.5 Å². The van der Waals surface area contributed by atoms with Crippen LogP contribution in [0.2, 0.25) is 0 Å². The minimum absolute atomic E-state index is 0.0952. The number of aliphatic carboxylic acids is 2. The van der Waals surface area contributed by atoms with Gasteiger partial charge in [-0.05, 0) is 44.5 Å². The van der Waals surface area contributed by atoms with Crippen molar-refractivity contribution < 1.29 is 39.6 Å². The zero-order valence-corrected chi connectivity index (χ0v) is 19.1. The Morgan fingerprint density at radius 2 is 1.82 bits per heavy atom. The number of carbonyl (C=O) groups excluding carboxylic acids is 2. The number of hydrogen-bond donors (Lipinski definition) is 8. The quantitative estimate of drug-likeness (QED) is 0.121. The number of nitrogens with two attached hydrogens (primary N) is 1. The number of aromatic hydroxyl groups is 2. The second-order valence-electron chi connectivity index (χ2n) is 7.38. The van der Waals surface area contributed by atoms with Gasteiger partial charge in [0.1, 0.15) is 18.6 Å². The van der Waals surface area contributed by atoms with Crippen LogP contribution in [0.1, 0.15) is 25.3 Å². The van der Waals surface area contributed by atoms with Crippen LogP contribution in [-0.2, 0) is 25.6 Å². The number of phenols is 2. The molecule has 0 heterocycles. The first kappa shape index (κ1) is 28.0. The van der Waals surface area contributed by atoms with E-state index in [-0.39, 0.29) is 41.0 Å². The molecule has 0 fully saturated rings. The molecule has 13 heteroatoms. The smallest absolute Gasteiger partial charge is 0.322 e. The lowest BCUT2D eigenvalue weighted by molar-refractivity contribution is -0.139. The first-order valence-electron chi connectivity index (χ1n) is 10.1. The van der Waals surface area contributed by atoms with Crippen LogP contribution in [0, 0.1) is 0 Å². The highest BCUT2D eigenvalue weighted by Crippen LogP contribution is 2.37. The summed E-state index contributed by atoms with van der Waals surface area (Å²) in [5, 5.41) is 45.5. The maximum absolute atomic E-state index is 12.4. The summed E-state index contributed by atoms with van der Waals surface area (Å²) in [5.41, 5.74) is 6.11. The predicted octanol–water partition coefficient (Wildman–Crippen LogP) is -0.782. The van der Waals surface area contributed by atoms with Crippen LogP contribution in [0.4, 0.5) is 0 Å². The summed E-state index contributed by atoms with van der Waals surface area (Å²) in [6.07, 6.45) is 0.142. The Morgan fingerprint density at radius 3 is 2.39 bits per heavy atom. The third kappa shape index (κ3) is 9.97. The topological polar surface area (TPSA) is 211 Å². The SMILES string of the molecule is CN[C@@H](C)Cc1cc(O)c(O)c(SC[C@@H](NC(=O)CC[C@H](N)C(=O)O)C(=O)NCC(=O)O)c1. The van der Waals surface area contributed by atoms with Crippen molar-refractivity contribution in [1.29, 1.82) is 0 Å². The normalized spacial score (nSPS) is 13.5. The van der Waals surface area contributed by atoms with E-state index in [1.807, 2.05) is 6.92 Å². The number of phenolic OH excluding ortho intramolecular Hbond substituents is 2. The average Bonchev–Trinajstić information content (AvgIpc) is 2.75. The zero-order valence-electron chi connectivity index (χ0n) is 18.3. The number of benzene rings is 1. The van der Waals surface area contributed by atoms with E-state index in [0.717, 1.165) is 17.3 Å². The number of rotatable bonds is 14. The van der Waals surface area contributed by atoms with Gasteiger partial charge in [-0.25, -0.2) is 0 Å². The highest BCUT2D eigenvalue weighted by atomic mass is 32.2. The van der Waals surface area contributed by atoms with Crippen molar-refractivity contribution >= 4 is 35.5 Å². The second kappa shape index (κ2) is 13.5. The Morgan fingerprint density at radius 1 is 1.15 bits per heavy atom. The summed E-state index contributed by atoms with van der Waals surface area (Å²) < 4.78 is 0. The lowest BCUT2D eigenvalue weighted by Crippen LogP contribution is -2.49. The van der Waals surface area contributed by atoms with Crippen molar-refractivity contribution in [2.24, 2.45) is 5.73 Å². The minimum Gasteiger partial charge on any atom is -0.504 e. The van der Waals surface area contributed by atoms with E-state index in [1.165, 1.54) is 6.07 Å². The Hall–Kier alpha value is -3.03. The molecule has 3 atom stereocenters. The Labute approximate surface area is 194 Å². The summed E-state index contributed by atoms with van der Waals surface area (Å²) in [5.74, 6) is -4.78.